The number of methoxy groups -OCH3 is 1. The lowest BCUT2D eigenvalue weighted by Crippen LogP contribution is -2.32. The molecule has 0 spiro atoms. The lowest BCUT2D eigenvalue weighted by atomic mass is 9.94. The molecule has 1 heterocycles. The van der Waals surface area contributed by atoms with Gasteiger partial charge in [0, 0.05) is 12.1 Å². The number of aliphatic hydroxyl groups excluding tert-OH is 1. The number of aryl methyl sites for hydroxylation is 1. The van der Waals surface area contributed by atoms with E-state index < -0.39 is 17.7 Å². The second-order valence-corrected chi connectivity index (χ2v) is 9.84. The average Bonchev–Trinajstić information content (AvgIpc) is 3.17. The molecule has 39 heavy (non-hydrogen) atoms. The Kier molecular flexibility index (Phi) is 8.56. The summed E-state index contributed by atoms with van der Waals surface area (Å²) < 4.78 is 11.2. The molecule has 1 aliphatic heterocycles. The molecule has 1 fully saturated rings. The topological polar surface area (TPSA) is 99.5 Å². The summed E-state index contributed by atoms with van der Waals surface area (Å²) in [7, 11) is 5.30. The molecule has 0 saturated carbocycles. The third kappa shape index (κ3) is 6.07. The van der Waals surface area contributed by atoms with Crippen molar-refractivity contribution in [1.29, 1.82) is 0 Å². The van der Waals surface area contributed by atoms with Crippen molar-refractivity contribution in [2.75, 3.05) is 34.3 Å². The summed E-state index contributed by atoms with van der Waals surface area (Å²) in [6, 6.07) is 18.8. The molecule has 8 nitrogen and oxygen atoms in total. The van der Waals surface area contributed by atoms with E-state index in [0.717, 1.165) is 17.7 Å². The second kappa shape index (κ2) is 12.0. The summed E-state index contributed by atoms with van der Waals surface area (Å²) in [6.45, 7) is 3.30. The van der Waals surface area contributed by atoms with E-state index in [-0.39, 0.29) is 22.8 Å². The minimum Gasteiger partial charge on any atom is -0.507 e. The summed E-state index contributed by atoms with van der Waals surface area (Å²) in [6.07, 6.45) is 0.637. The third-order valence-electron chi connectivity index (χ3n) is 6.75. The molecule has 1 aliphatic rings. The van der Waals surface area contributed by atoms with Gasteiger partial charge in [-0.2, -0.15) is 0 Å². The highest BCUT2D eigenvalue weighted by Gasteiger charge is 2.46. The van der Waals surface area contributed by atoms with E-state index in [4.69, 9.17) is 9.47 Å². The van der Waals surface area contributed by atoms with E-state index in [1.54, 1.807) is 30.3 Å². The zero-order chi connectivity index (χ0) is 28.1. The Bertz CT molecular complexity index is 1380. The number of rotatable bonds is 10. The maximum Gasteiger partial charge on any atom is 0.295 e. The molecule has 1 amide bonds. The van der Waals surface area contributed by atoms with Crippen molar-refractivity contribution in [1.82, 2.24) is 9.80 Å². The molecular weight excluding hydrogens is 496 g/mol. The van der Waals surface area contributed by atoms with Gasteiger partial charge in [0.2, 0.25) is 0 Å². The number of phenols is 1. The van der Waals surface area contributed by atoms with Gasteiger partial charge in [-0.05, 0) is 81.0 Å². The van der Waals surface area contributed by atoms with Gasteiger partial charge in [0.25, 0.3) is 11.7 Å². The molecule has 2 N–H and O–H groups in total. The van der Waals surface area contributed by atoms with Crippen LogP contribution >= 0.6 is 0 Å². The number of Topliss-reactive ketones (excluding diaryl/α,β-unsaturated/α-hetero) is 1. The molecule has 1 saturated heterocycles. The fourth-order valence-corrected chi connectivity index (χ4v) is 4.73. The van der Waals surface area contributed by atoms with Crippen molar-refractivity contribution < 1.29 is 29.3 Å². The fraction of sp³-hybridized carbons (Fsp3) is 0.290. The van der Waals surface area contributed by atoms with Crippen molar-refractivity contribution >= 4 is 17.4 Å². The van der Waals surface area contributed by atoms with Crippen molar-refractivity contribution in [3.05, 3.63) is 94.6 Å². The van der Waals surface area contributed by atoms with E-state index in [1.807, 2.05) is 56.3 Å². The molecule has 3 aromatic carbocycles. The van der Waals surface area contributed by atoms with Gasteiger partial charge in [-0.25, -0.2) is 0 Å². The lowest BCUT2D eigenvalue weighted by Gasteiger charge is -2.26. The molecule has 0 aromatic heterocycles. The maximum atomic E-state index is 13.3. The Balaban J connectivity index is 1.71. The Morgan fingerprint density at radius 1 is 1.00 bits per heavy atom. The Labute approximate surface area is 228 Å². The molecule has 4 rings (SSSR count). The van der Waals surface area contributed by atoms with E-state index in [1.165, 1.54) is 18.1 Å². The molecule has 204 valence electrons. The van der Waals surface area contributed by atoms with Crippen molar-refractivity contribution in [3.8, 4) is 17.2 Å². The molecule has 8 heteroatoms. The molecule has 3 aromatic rings. The van der Waals surface area contributed by atoms with Gasteiger partial charge in [-0.3, -0.25) is 9.59 Å². The predicted octanol–water partition coefficient (Wildman–Crippen LogP) is 4.66. The molecular formula is C31H34N2O6. The summed E-state index contributed by atoms with van der Waals surface area (Å²) >= 11 is 0. The number of carbonyl (C=O) groups excluding carboxylic acids is 2. The highest BCUT2D eigenvalue weighted by Crippen LogP contribution is 2.42. The van der Waals surface area contributed by atoms with Crippen LogP contribution in [0.4, 0.5) is 0 Å². The molecule has 0 bridgehead atoms. The van der Waals surface area contributed by atoms with Gasteiger partial charge in [0.05, 0.1) is 18.7 Å². The first-order valence-corrected chi connectivity index (χ1v) is 12.8. The van der Waals surface area contributed by atoms with Crippen LogP contribution < -0.4 is 9.47 Å². The van der Waals surface area contributed by atoms with Crippen LogP contribution in [0.2, 0.25) is 0 Å². The van der Waals surface area contributed by atoms with Crippen LogP contribution in [0.25, 0.3) is 5.76 Å². The standard InChI is InChI=1S/C31H34N2O6/c1-20-17-23(12-14-25(20)39-19-21-9-6-5-7-10-21)29(35)27-28(22-11-13-24(34)26(18-22)38-4)33(31(37)30(27)36)16-8-15-32(2)3/h5-7,9-14,17-18,28,34-35H,8,15-16,19H2,1-4H3/b29-27+/t28-/m1/s1. The Morgan fingerprint density at radius 3 is 2.41 bits per heavy atom. The van der Waals surface area contributed by atoms with Crippen molar-refractivity contribution in [2.45, 2.75) is 26.0 Å². The average molecular weight is 531 g/mol. The van der Waals surface area contributed by atoms with E-state index in [2.05, 4.69) is 0 Å². The van der Waals surface area contributed by atoms with Crippen LogP contribution in [0.3, 0.4) is 0 Å². The van der Waals surface area contributed by atoms with Crippen molar-refractivity contribution in [2.24, 2.45) is 0 Å². The van der Waals surface area contributed by atoms with Crippen LogP contribution in [-0.2, 0) is 16.2 Å². The number of aliphatic hydroxyl groups is 1. The zero-order valence-electron chi connectivity index (χ0n) is 22.7. The van der Waals surface area contributed by atoms with Gasteiger partial charge in [0.1, 0.15) is 18.1 Å². The smallest absolute Gasteiger partial charge is 0.295 e. The zero-order valence-corrected chi connectivity index (χ0v) is 22.7. The maximum absolute atomic E-state index is 13.3. The monoisotopic (exact) mass is 530 g/mol. The molecule has 1 atom stereocenters. The number of benzene rings is 3. The van der Waals surface area contributed by atoms with Crippen LogP contribution in [-0.4, -0.2) is 66.0 Å². The highest BCUT2D eigenvalue weighted by molar-refractivity contribution is 6.46. The van der Waals surface area contributed by atoms with Crippen LogP contribution in [0.1, 0.15) is 34.7 Å². The number of carbonyl (C=O) groups is 2. The summed E-state index contributed by atoms with van der Waals surface area (Å²) in [5.41, 5.74) is 2.76. The SMILES string of the molecule is COc1cc([C@@H]2/C(=C(\O)c3ccc(OCc4ccccc4)c(C)c3)C(=O)C(=O)N2CCCN(C)C)ccc1O. The van der Waals surface area contributed by atoms with Gasteiger partial charge in [0.15, 0.2) is 11.5 Å². The van der Waals surface area contributed by atoms with E-state index >= 15 is 0 Å². The second-order valence-electron chi connectivity index (χ2n) is 9.84. The number of ether oxygens (including phenoxy) is 2. The number of nitrogens with zero attached hydrogens (tertiary/aromatic N) is 2. The molecule has 0 unspecified atom stereocenters. The van der Waals surface area contributed by atoms with E-state index in [9.17, 15) is 19.8 Å². The van der Waals surface area contributed by atoms with Gasteiger partial charge in [-0.15, -0.1) is 0 Å². The first-order valence-electron chi connectivity index (χ1n) is 12.8. The van der Waals surface area contributed by atoms with Crippen molar-refractivity contribution in [3.63, 3.8) is 0 Å². The summed E-state index contributed by atoms with van der Waals surface area (Å²) in [5, 5.41) is 21.6. The number of aromatic hydroxyl groups is 1. The third-order valence-corrected chi connectivity index (χ3v) is 6.75. The highest BCUT2D eigenvalue weighted by atomic mass is 16.5. The first-order chi connectivity index (χ1) is 18.7. The number of hydrogen-bond acceptors (Lipinski definition) is 7. The number of hydrogen-bond donors (Lipinski definition) is 2. The number of likely N-dealkylation sites (tertiary alicyclic amines) is 1. The first kappa shape index (κ1) is 27.7. The lowest BCUT2D eigenvalue weighted by molar-refractivity contribution is -0.139. The normalized spacial score (nSPS) is 16.6. The minimum absolute atomic E-state index is 0.00468. The Hall–Kier alpha value is -4.30. The Morgan fingerprint density at radius 2 is 1.74 bits per heavy atom. The minimum atomic E-state index is -0.837. The number of amides is 1. The molecule has 0 radical (unpaired) electrons. The van der Waals surface area contributed by atoms with Gasteiger partial charge >= 0.3 is 0 Å². The number of ketones is 1. The quantitative estimate of drug-likeness (QED) is 0.223. The fourth-order valence-electron chi connectivity index (χ4n) is 4.73. The van der Waals surface area contributed by atoms with Gasteiger partial charge in [-0.1, -0.05) is 36.4 Å². The van der Waals surface area contributed by atoms with Gasteiger partial charge < -0.3 is 29.5 Å². The predicted molar refractivity (Wildman–Crippen MR) is 149 cm³/mol. The van der Waals surface area contributed by atoms with Crippen LogP contribution in [0.5, 0.6) is 17.2 Å². The summed E-state index contributed by atoms with van der Waals surface area (Å²) in [5.74, 6) is -0.893. The van der Waals surface area contributed by atoms with Crippen LogP contribution in [0, 0.1) is 6.92 Å². The molecule has 0 aliphatic carbocycles. The largest absolute Gasteiger partial charge is 0.507 e. The summed E-state index contributed by atoms with van der Waals surface area (Å²) in [4.78, 5) is 30.0. The number of phenolic OH excluding ortho intramolecular Hbond substituents is 1. The van der Waals surface area contributed by atoms with Crippen LogP contribution in [0.15, 0.2) is 72.3 Å². The van der Waals surface area contributed by atoms with E-state index in [0.29, 0.717) is 36.4 Å².